The lowest BCUT2D eigenvalue weighted by atomic mass is 9.99. The van der Waals surface area contributed by atoms with Crippen molar-refractivity contribution < 1.29 is 9.90 Å². The second-order valence-electron chi connectivity index (χ2n) is 6.16. The van der Waals surface area contributed by atoms with Gasteiger partial charge >= 0.3 is 0 Å². The van der Waals surface area contributed by atoms with Crippen molar-refractivity contribution in [3.05, 3.63) is 21.4 Å². The van der Waals surface area contributed by atoms with E-state index in [0.29, 0.717) is 0 Å². The summed E-state index contributed by atoms with van der Waals surface area (Å²) in [4.78, 5) is 17.0. The second-order valence-corrected chi connectivity index (χ2v) is 7.42. The van der Waals surface area contributed by atoms with Crippen LogP contribution in [-0.4, -0.2) is 34.1 Å². The molecule has 1 aromatic heterocycles. The van der Waals surface area contributed by atoms with E-state index in [1.54, 1.807) is 11.3 Å². The van der Waals surface area contributed by atoms with Crippen molar-refractivity contribution in [1.29, 1.82) is 0 Å². The highest BCUT2D eigenvalue weighted by Gasteiger charge is 2.43. The van der Waals surface area contributed by atoms with Crippen molar-refractivity contribution in [1.82, 2.24) is 4.90 Å². The van der Waals surface area contributed by atoms with Gasteiger partial charge in [0.05, 0.1) is 11.0 Å². The maximum absolute atomic E-state index is 12.8. The Morgan fingerprint density at radius 1 is 1.40 bits per heavy atom. The van der Waals surface area contributed by atoms with Crippen molar-refractivity contribution in [3.63, 3.8) is 0 Å². The third-order valence-corrected chi connectivity index (χ3v) is 5.77. The average molecular weight is 293 g/mol. The lowest BCUT2D eigenvalue weighted by Crippen LogP contribution is -2.47. The van der Waals surface area contributed by atoms with Crippen molar-refractivity contribution >= 4 is 17.2 Å². The van der Waals surface area contributed by atoms with Crippen molar-refractivity contribution in [2.75, 3.05) is 0 Å². The summed E-state index contributed by atoms with van der Waals surface area (Å²) in [5.74, 6) is 0.194. The van der Waals surface area contributed by atoms with E-state index in [0.717, 1.165) is 43.4 Å². The van der Waals surface area contributed by atoms with Gasteiger partial charge in [-0.2, -0.15) is 0 Å². The van der Waals surface area contributed by atoms with E-state index in [2.05, 4.69) is 24.8 Å². The lowest BCUT2D eigenvalue weighted by molar-refractivity contribution is 0.0290. The quantitative estimate of drug-likeness (QED) is 0.930. The van der Waals surface area contributed by atoms with E-state index < -0.39 is 0 Å². The number of thiophene rings is 1. The molecule has 2 fully saturated rings. The highest BCUT2D eigenvalue weighted by Crippen LogP contribution is 2.38. The molecule has 20 heavy (non-hydrogen) atoms. The number of nitrogens with zero attached hydrogens (tertiary/aromatic N) is 1. The van der Waals surface area contributed by atoms with Gasteiger partial charge in [0.1, 0.15) is 0 Å². The fraction of sp³-hybridized carbons (Fsp3) is 0.688. The molecule has 2 unspecified atom stereocenters. The molecule has 2 bridgehead atoms. The molecule has 2 saturated heterocycles. The van der Waals surface area contributed by atoms with Crippen LogP contribution in [0.4, 0.5) is 0 Å². The van der Waals surface area contributed by atoms with Gasteiger partial charge in [0.15, 0.2) is 0 Å². The zero-order valence-electron chi connectivity index (χ0n) is 12.3. The predicted molar refractivity (Wildman–Crippen MR) is 81.3 cm³/mol. The van der Waals surface area contributed by atoms with Crippen LogP contribution in [0.5, 0.6) is 0 Å². The zero-order chi connectivity index (χ0) is 14.3. The molecular weight excluding hydrogens is 270 g/mol. The summed E-state index contributed by atoms with van der Waals surface area (Å²) in [6.45, 7) is 4.28. The number of aliphatic hydroxyl groups excluding tert-OH is 1. The first kappa shape index (κ1) is 14.1. The number of piperidine rings is 1. The normalized spacial score (nSPS) is 28.9. The van der Waals surface area contributed by atoms with E-state index >= 15 is 0 Å². The molecule has 0 saturated carbocycles. The molecule has 0 aliphatic carbocycles. The van der Waals surface area contributed by atoms with Gasteiger partial charge in [0, 0.05) is 17.0 Å². The Balaban J connectivity index is 1.81. The first-order chi connectivity index (χ1) is 9.60. The van der Waals surface area contributed by atoms with Gasteiger partial charge in [-0.3, -0.25) is 4.79 Å². The minimum absolute atomic E-state index is 0.194. The van der Waals surface area contributed by atoms with Crippen LogP contribution in [0.3, 0.4) is 0 Å². The number of aliphatic hydroxyl groups is 1. The maximum Gasteiger partial charge on any atom is 0.264 e. The molecule has 2 atom stereocenters. The van der Waals surface area contributed by atoms with Crippen LogP contribution in [-0.2, 0) is 6.42 Å². The Morgan fingerprint density at radius 3 is 2.65 bits per heavy atom. The summed E-state index contributed by atoms with van der Waals surface area (Å²) in [6, 6.07) is 2.61. The Morgan fingerprint density at radius 2 is 2.05 bits per heavy atom. The van der Waals surface area contributed by atoms with Crippen LogP contribution >= 0.6 is 11.3 Å². The summed E-state index contributed by atoms with van der Waals surface area (Å²) in [5.41, 5.74) is 1.32. The van der Waals surface area contributed by atoms with Crippen molar-refractivity contribution in [2.24, 2.45) is 0 Å². The topological polar surface area (TPSA) is 40.5 Å². The van der Waals surface area contributed by atoms with Gasteiger partial charge in [0.2, 0.25) is 0 Å². The number of carbonyl (C=O) groups excluding carboxylic acids is 1. The predicted octanol–water partition coefficient (Wildman–Crippen LogP) is 3.14. The first-order valence-electron chi connectivity index (χ1n) is 7.70. The van der Waals surface area contributed by atoms with E-state index in [-0.39, 0.29) is 24.1 Å². The van der Waals surface area contributed by atoms with Gasteiger partial charge in [-0.05, 0) is 50.7 Å². The molecule has 0 spiro atoms. The highest BCUT2D eigenvalue weighted by atomic mass is 32.1. The highest BCUT2D eigenvalue weighted by molar-refractivity contribution is 7.14. The molecule has 0 radical (unpaired) electrons. The van der Waals surface area contributed by atoms with Gasteiger partial charge in [0.25, 0.3) is 5.91 Å². The largest absolute Gasteiger partial charge is 0.393 e. The number of hydrogen-bond donors (Lipinski definition) is 1. The van der Waals surface area contributed by atoms with Gasteiger partial charge in [-0.25, -0.2) is 0 Å². The third kappa shape index (κ3) is 2.40. The van der Waals surface area contributed by atoms with Crippen LogP contribution in [0.25, 0.3) is 0 Å². The number of hydrogen-bond acceptors (Lipinski definition) is 3. The first-order valence-corrected chi connectivity index (χ1v) is 8.51. The Hall–Kier alpha value is -0.870. The van der Waals surface area contributed by atoms with E-state index in [9.17, 15) is 9.90 Å². The van der Waals surface area contributed by atoms with E-state index in [4.69, 9.17) is 0 Å². The standard InChI is InChI=1S/C16H23NO2S/c1-3-4-11-7-15(20-10(11)2)16(19)17-12-5-6-13(17)9-14(18)8-12/h7,12-14,18H,3-6,8-9H2,1-2H3. The molecule has 1 amide bonds. The Labute approximate surface area is 124 Å². The smallest absolute Gasteiger partial charge is 0.264 e. The number of amides is 1. The number of carbonyl (C=O) groups is 1. The summed E-state index contributed by atoms with van der Waals surface area (Å²) >= 11 is 1.64. The van der Waals surface area contributed by atoms with Gasteiger partial charge in [-0.1, -0.05) is 13.3 Å². The minimum atomic E-state index is -0.211. The summed E-state index contributed by atoms with van der Waals surface area (Å²) < 4.78 is 0. The molecule has 3 rings (SSSR count). The lowest BCUT2D eigenvalue weighted by Gasteiger charge is -2.36. The van der Waals surface area contributed by atoms with Crippen LogP contribution in [0, 0.1) is 6.92 Å². The summed E-state index contributed by atoms with van der Waals surface area (Å²) in [7, 11) is 0. The number of rotatable bonds is 3. The van der Waals surface area contributed by atoms with E-state index in [1.807, 2.05) is 0 Å². The van der Waals surface area contributed by atoms with Crippen LogP contribution in [0.2, 0.25) is 0 Å². The molecule has 3 heterocycles. The minimum Gasteiger partial charge on any atom is -0.393 e. The van der Waals surface area contributed by atoms with Gasteiger partial charge in [-0.15, -0.1) is 11.3 Å². The van der Waals surface area contributed by atoms with Crippen LogP contribution < -0.4 is 0 Å². The van der Waals surface area contributed by atoms with Crippen LogP contribution in [0.15, 0.2) is 6.07 Å². The zero-order valence-corrected chi connectivity index (χ0v) is 13.1. The molecule has 2 aliphatic heterocycles. The Bertz CT molecular complexity index is 497. The molecule has 2 aliphatic rings. The molecule has 110 valence electrons. The number of aryl methyl sites for hydroxylation is 2. The molecule has 4 heteroatoms. The summed E-state index contributed by atoms with van der Waals surface area (Å²) in [5, 5.41) is 9.84. The molecular formula is C16H23NO2S. The SMILES string of the molecule is CCCc1cc(C(=O)N2C3CCC2CC(O)C3)sc1C. The van der Waals surface area contributed by atoms with E-state index in [1.165, 1.54) is 10.4 Å². The van der Waals surface area contributed by atoms with Crippen molar-refractivity contribution in [3.8, 4) is 0 Å². The second kappa shape index (κ2) is 5.49. The molecule has 0 aromatic carbocycles. The monoisotopic (exact) mass is 293 g/mol. The fourth-order valence-corrected chi connectivity index (χ4v) is 4.77. The molecule has 3 nitrogen and oxygen atoms in total. The van der Waals surface area contributed by atoms with Crippen LogP contribution in [0.1, 0.15) is 59.1 Å². The average Bonchev–Trinajstić information content (AvgIpc) is 2.89. The molecule has 1 N–H and O–H groups in total. The third-order valence-electron chi connectivity index (χ3n) is 4.69. The maximum atomic E-state index is 12.8. The molecule has 1 aromatic rings. The van der Waals surface area contributed by atoms with Gasteiger partial charge < -0.3 is 10.0 Å². The Kier molecular flexibility index (Phi) is 3.87. The summed E-state index contributed by atoms with van der Waals surface area (Å²) in [6.07, 6.45) is 5.59. The van der Waals surface area contributed by atoms with Crippen molar-refractivity contribution in [2.45, 2.75) is 70.6 Å². The fourth-order valence-electron chi connectivity index (χ4n) is 3.75. The number of fused-ring (bicyclic) bond motifs is 2.